The summed E-state index contributed by atoms with van der Waals surface area (Å²) in [6.07, 6.45) is 4.82. The van der Waals surface area contributed by atoms with Gasteiger partial charge in [0, 0.05) is 54.3 Å². The van der Waals surface area contributed by atoms with Crippen molar-refractivity contribution in [3.63, 3.8) is 0 Å². The Morgan fingerprint density at radius 2 is 1.92 bits per heavy atom. The van der Waals surface area contributed by atoms with Crippen molar-refractivity contribution in [1.29, 1.82) is 0 Å². The normalized spacial score (nSPS) is 14.2. The molecule has 1 atom stereocenters. The number of aromatic nitrogens is 3. The molecule has 0 bridgehead atoms. The number of anilines is 3. The molecule has 12 heteroatoms. The van der Waals surface area contributed by atoms with Gasteiger partial charge in [-0.05, 0) is 18.6 Å². The van der Waals surface area contributed by atoms with E-state index in [1.54, 1.807) is 19.3 Å². The van der Waals surface area contributed by atoms with Gasteiger partial charge in [-0.15, -0.1) is 0 Å². The Bertz CT molecular complexity index is 1220. The van der Waals surface area contributed by atoms with Gasteiger partial charge in [-0.25, -0.2) is 13.5 Å². The van der Waals surface area contributed by atoms with Gasteiger partial charge in [-0.3, -0.25) is 14.6 Å². The van der Waals surface area contributed by atoms with Gasteiger partial charge in [0.15, 0.2) is 11.5 Å². The molecule has 1 aliphatic heterocycles. The molecule has 0 saturated carbocycles. The number of nitrogens with zero attached hydrogens (tertiary/aromatic N) is 4. The third kappa shape index (κ3) is 6.25. The van der Waals surface area contributed by atoms with E-state index in [4.69, 9.17) is 10.5 Å². The molecular weight excluding hydrogens is 575 g/mol. The summed E-state index contributed by atoms with van der Waals surface area (Å²) in [7, 11) is 0. The molecule has 2 amide bonds. The largest absolute Gasteiger partial charge is 0.382 e. The Balaban J connectivity index is 1.48. The fourth-order valence-corrected chi connectivity index (χ4v) is 3.92. The first kappa shape index (κ1) is 25.7. The van der Waals surface area contributed by atoms with E-state index in [-0.39, 0.29) is 23.5 Å². The number of hydrogen-bond acceptors (Lipinski definition) is 9. The van der Waals surface area contributed by atoms with Crippen LogP contribution in [0.25, 0.3) is 11.3 Å². The maximum Gasteiger partial charge on any atom is 0.278 e. The highest BCUT2D eigenvalue weighted by Crippen LogP contribution is 2.26. The molecular formula is C24H27IN8O3. The number of pyridine rings is 1. The number of nitrogens with two attached hydrogens (primary N) is 1. The Morgan fingerprint density at radius 1 is 1.17 bits per heavy atom. The number of hydrogen-bond donors (Lipinski definition) is 4. The molecule has 1 aromatic carbocycles. The minimum atomic E-state index is -0.471. The number of nitrogens with one attached hydrogen (secondary N) is 3. The molecule has 0 aliphatic carbocycles. The number of morpholine rings is 1. The van der Waals surface area contributed by atoms with E-state index in [1.165, 1.54) is 6.20 Å². The second-order valence-corrected chi connectivity index (χ2v) is 8.80. The Morgan fingerprint density at radius 3 is 2.64 bits per heavy atom. The summed E-state index contributed by atoms with van der Waals surface area (Å²) in [5.74, 6) is -0.522. The Kier molecular flexibility index (Phi) is 8.61. The van der Waals surface area contributed by atoms with Crippen molar-refractivity contribution < 1.29 is 14.3 Å². The van der Waals surface area contributed by atoms with Crippen molar-refractivity contribution in [2.45, 2.75) is 19.5 Å². The second kappa shape index (κ2) is 12.1. The topological polar surface area (TPSA) is 147 Å². The van der Waals surface area contributed by atoms with Crippen LogP contribution in [0.4, 0.5) is 17.2 Å². The minimum Gasteiger partial charge on any atom is -0.382 e. The first-order chi connectivity index (χ1) is 17.5. The molecule has 1 aliphatic rings. The minimum absolute atomic E-state index is 0.0286. The molecule has 11 nitrogen and oxygen atoms in total. The van der Waals surface area contributed by atoms with Crippen LogP contribution in [0.2, 0.25) is 0 Å². The van der Waals surface area contributed by atoms with Gasteiger partial charge < -0.3 is 26.0 Å². The van der Waals surface area contributed by atoms with E-state index in [9.17, 15) is 9.59 Å². The average molecular weight is 602 g/mol. The summed E-state index contributed by atoms with van der Waals surface area (Å²) in [4.78, 5) is 40.0. The number of amides is 2. The third-order valence-corrected chi connectivity index (χ3v) is 6.62. The van der Waals surface area contributed by atoms with Crippen LogP contribution < -0.4 is 24.8 Å². The zero-order chi connectivity index (χ0) is 25.5. The maximum absolute atomic E-state index is 13.1. The van der Waals surface area contributed by atoms with Crippen LogP contribution >= 0.6 is 22.9 Å². The highest BCUT2D eigenvalue weighted by molar-refractivity contribution is 14.1. The smallest absolute Gasteiger partial charge is 0.278 e. The lowest BCUT2D eigenvalue weighted by atomic mass is 10.1. The van der Waals surface area contributed by atoms with Crippen molar-refractivity contribution in [3.8, 4) is 11.3 Å². The molecule has 3 heterocycles. The van der Waals surface area contributed by atoms with E-state index < -0.39 is 5.91 Å². The van der Waals surface area contributed by atoms with E-state index in [0.29, 0.717) is 31.1 Å². The third-order valence-electron chi connectivity index (χ3n) is 5.69. The quantitative estimate of drug-likeness (QED) is 0.225. The zero-order valence-electron chi connectivity index (χ0n) is 19.7. The average Bonchev–Trinajstić information content (AvgIpc) is 2.92. The molecule has 1 fully saturated rings. The predicted molar refractivity (Wildman–Crippen MR) is 146 cm³/mol. The van der Waals surface area contributed by atoms with Crippen LogP contribution in [-0.2, 0) is 16.1 Å². The number of carbonyl (C=O) groups is 2. The first-order valence-electron chi connectivity index (χ1n) is 11.4. The number of ether oxygens (including phenoxy) is 1. The van der Waals surface area contributed by atoms with Crippen LogP contribution in [0.1, 0.15) is 23.0 Å². The summed E-state index contributed by atoms with van der Waals surface area (Å²) in [6, 6.07) is 9.08. The fourth-order valence-electron chi connectivity index (χ4n) is 3.63. The van der Waals surface area contributed by atoms with E-state index in [1.807, 2.05) is 53.2 Å². The number of nitrogen functional groups attached to an aromatic ring is 1. The monoisotopic (exact) mass is 602 g/mol. The second-order valence-electron chi connectivity index (χ2n) is 8.18. The molecule has 5 N–H and O–H groups in total. The predicted octanol–water partition coefficient (Wildman–Crippen LogP) is 2.15. The lowest BCUT2D eigenvalue weighted by Gasteiger charge is -2.30. The van der Waals surface area contributed by atoms with Gasteiger partial charge in [0.2, 0.25) is 5.91 Å². The van der Waals surface area contributed by atoms with Crippen molar-refractivity contribution in [2.24, 2.45) is 0 Å². The van der Waals surface area contributed by atoms with Gasteiger partial charge in [0.1, 0.15) is 0 Å². The molecule has 1 saturated heterocycles. The van der Waals surface area contributed by atoms with Crippen LogP contribution in [0, 0.1) is 0 Å². The zero-order valence-corrected chi connectivity index (χ0v) is 21.9. The molecule has 0 radical (unpaired) electrons. The summed E-state index contributed by atoms with van der Waals surface area (Å²) >= 11 is 1.95. The lowest BCUT2D eigenvalue weighted by molar-refractivity contribution is -0.122. The Hall–Kier alpha value is -3.36. The summed E-state index contributed by atoms with van der Waals surface area (Å²) < 4.78 is 8.30. The van der Waals surface area contributed by atoms with Crippen LogP contribution in [0.3, 0.4) is 0 Å². The van der Waals surface area contributed by atoms with Crippen molar-refractivity contribution >= 4 is 51.9 Å². The summed E-state index contributed by atoms with van der Waals surface area (Å²) in [6.45, 7) is 4.87. The number of halogens is 1. The number of rotatable bonds is 8. The first-order valence-corrected chi connectivity index (χ1v) is 12.5. The van der Waals surface area contributed by atoms with Gasteiger partial charge in [0.25, 0.3) is 5.91 Å². The summed E-state index contributed by atoms with van der Waals surface area (Å²) in [5.41, 5.74) is 9.66. The van der Waals surface area contributed by atoms with Gasteiger partial charge in [-0.1, -0.05) is 24.3 Å². The van der Waals surface area contributed by atoms with Crippen molar-refractivity contribution in [2.75, 3.05) is 42.3 Å². The summed E-state index contributed by atoms with van der Waals surface area (Å²) in [5, 5.41) is 5.75. The number of carbonyl (C=O) groups excluding carboxylic acids is 2. The SMILES string of the molecule is C[C@H](NI)C(=O)NCc1ccc(-c2cnc(N)c(C(=O)Nc3cnccc3N3CCOCC3)n2)cc1. The highest BCUT2D eigenvalue weighted by Gasteiger charge is 2.20. The van der Waals surface area contributed by atoms with Gasteiger partial charge in [-0.2, -0.15) is 0 Å². The molecule has 0 spiro atoms. The molecule has 2 aromatic heterocycles. The fraction of sp³-hybridized carbons (Fsp3) is 0.292. The maximum atomic E-state index is 13.1. The van der Waals surface area contributed by atoms with Gasteiger partial charge >= 0.3 is 0 Å². The lowest BCUT2D eigenvalue weighted by Crippen LogP contribution is -2.37. The van der Waals surface area contributed by atoms with E-state index >= 15 is 0 Å². The standard InChI is InChI=1S/C24H27IN8O3/c1-15(32-25)23(34)29-12-16-2-4-17(5-3-16)18-14-28-22(26)21(30-18)24(35)31-19-13-27-7-6-20(19)33-8-10-36-11-9-33/h2-7,13-15,32H,8-12H2,1H3,(H2,26,28)(H,29,34)(H,31,35)/t15-/m0/s1. The number of benzene rings is 1. The van der Waals surface area contributed by atoms with E-state index in [0.717, 1.165) is 29.9 Å². The van der Waals surface area contributed by atoms with E-state index in [2.05, 4.69) is 34.0 Å². The Labute approximate surface area is 222 Å². The highest BCUT2D eigenvalue weighted by atomic mass is 127. The molecule has 4 rings (SSSR count). The van der Waals surface area contributed by atoms with Crippen molar-refractivity contribution in [1.82, 2.24) is 23.8 Å². The molecule has 188 valence electrons. The van der Waals surface area contributed by atoms with Gasteiger partial charge in [0.05, 0.1) is 48.7 Å². The van der Waals surface area contributed by atoms with Crippen molar-refractivity contribution in [3.05, 3.63) is 60.2 Å². The molecule has 3 aromatic rings. The van der Waals surface area contributed by atoms with Crippen LogP contribution in [0.5, 0.6) is 0 Å². The van der Waals surface area contributed by atoms with Crippen LogP contribution in [-0.4, -0.2) is 59.1 Å². The molecule has 36 heavy (non-hydrogen) atoms. The van der Waals surface area contributed by atoms with Crippen LogP contribution in [0.15, 0.2) is 48.9 Å². The molecule has 0 unspecified atom stereocenters.